The summed E-state index contributed by atoms with van der Waals surface area (Å²) in [5.41, 5.74) is -0.914. The van der Waals surface area contributed by atoms with Crippen molar-refractivity contribution in [1.82, 2.24) is 19.6 Å². The summed E-state index contributed by atoms with van der Waals surface area (Å²) in [6.07, 6.45) is 5.81. The number of carbonyl (C=O) groups excluding carboxylic acids is 2. The van der Waals surface area contributed by atoms with E-state index in [1.54, 1.807) is 4.90 Å². The van der Waals surface area contributed by atoms with Crippen molar-refractivity contribution in [2.45, 2.75) is 75.5 Å². The maximum Gasteiger partial charge on any atom is 0.320 e. The number of β-amino-alcohol motifs (C(OH)–C–C–N with tert-alkyl or cyclic N) is 1. The van der Waals surface area contributed by atoms with E-state index >= 15 is 0 Å². The quantitative estimate of drug-likeness (QED) is 0.538. The van der Waals surface area contributed by atoms with Crippen LogP contribution in [0.1, 0.15) is 64.4 Å². The molecule has 2 aliphatic heterocycles. The van der Waals surface area contributed by atoms with Crippen molar-refractivity contribution in [1.29, 1.82) is 0 Å². The van der Waals surface area contributed by atoms with E-state index in [4.69, 9.17) is 0 Å². The second kappa shape index (κ2) is 10.3. The Balaban J connectivity index is 1.37. The molecule has 9 nitrogen and oxygen atoms in total. The van der Waals surface area contributed by atoms with E-state index in [-0.39, 0.29) is 48.6 Å². The summed E-state index contributed by atoms with van der Waals surface area (Å²) in [6, 6.07) is 10.5. The van der Waals surface area contributed by atoms with Crippen LogP contribution in [-0.2, 0) is 20.2 Å². The van der Waals surface area contributed by atoms with E-state index in [1.807, 2.05) is 29.7 Å². The molecule has 2 saturated carbocycles. The van der Waals surface area contributed by atoms with Crippen LogP contribution in [0.5, 0.6) is 0 Å². The molecule has 0 aromatic heterocycles. The van der Waals surface area contributed by atoms with E-state index in [1.165, 1.54) is 5.56 Å². The molecule has 2 aliphatic carbocycles. The number of hydrogen-bond acceptors (Lipinski definition) is 6. The number of amides is 3. The maximum absolute atomic E-state index is 14.0. The lowest BCUT2D eigenvalue weighted by Crippen LogP contribution is -2.59. The number of urea groups is 1. The van der Waals surface area contributed by atoms with Crippen molar-refractivity contribution in [2.75, 3.05) is 58.3 Å². The maximum atomic E-state index is 14.0. The highest BCUT2D eigenvalue weighted by atomic mass is 32.2. The van der Waals surface area contributed by atoms with Gasteiger partial charge in [-0.25, -0.2) is 13.2 Å². The third-order valence-electron chi connectivity index (χ3n) is 10.3. The van der Waals surface area contributed by atoms with Crippen LogP contribution in [-0.4, -0.2) is 115 Å². The van der Waals surface area contributed by atoms with Crippen LogP contribution in [0.2, 0.25) is 0 Å². The Kier molecular flexibility index (Phi) is 7.53. The molecule has 2 heterocycles. The molecule has 40 heavy (non-hydrogen) atoms. The number of hydrogen-bond donors (Lipinski definition) is 1. The van der Waals surface area contributed by atoms with E-state index < -0.39 is 26.4 Å². The molecule has 0 atom stereocenters. The summed E-state index contributed by atoms with van der Waals surface area (Å²) in [6.45, 7) is 5.25. The Morgan fingerprint density at radius 2 is 1.60 bits per heavy atom. The van der Waals surface area contributed by atoms with Crippen LogP contribution >= 0.6 is 0 Å². The Hall–Kier alpha value is -2.17. The summed E-state index contributed by atoms with van der Waals surface area (Å²) in [5.74, 6) is -0.135. The van der Waals surface area contributed by atoms with Crippen molar-refractivity contribution in [2.24, 2.45) is 5.41 Å². The molecule has 10 heteroatoms. The third kappa shape index (κ3) is 5.27. The van der Waals surface area contributed by atoms with Gasteiger partial charge in [0.2, 0.25) is 5.91 Å². The fourth-order valence-corrected chi connectivity index (χ4v) is 8.67. The van der Waals surface area contributed by atoms with E-state index in [0.29, 0.717) is 25.9 Å². The predicted molar refractivity (Wildman–Crippen MR) is 154 cm³/mol. The van der Waals surface area contributed by atoms with Gasteiger partial charge in [0, 0.05) is 31.7 Å². The zero-order chi connectivity index (χ0) is 29.0. The molecular weight excluding hydrogens is 528 g/mol. The largest absolute Gasteiger partial charge is 0.388 e. The van der Waals surface area contributed by atoms with Crippen molar-refractivity contribution in [3.8, 4) is 0 Å². The molecule has 1 spiro atoms. The molecule has 1 N–H and O–H groups in total. The Bertz CT molecular complexity index is 1210. The van der Waals surface area contributed by atoms with Crippen LogP contribution in [0.4, 0.5) is 4.79 Å². The lowest BCUT2D eigenvalue weighted by atomic mass is 9.67. The van der Waals surface area contributed by atoms with E-state index in [2.05, 4.69) is 43.3 Å². The standard InChI is InChI=1S/C30H46N4O5S/c1-27(2,25(35)32-17-19-40(38,39)20-18-32)21-33-22-28(34(26(33)36)23-29(37)11-8-12-29)13-15-30(16-14-28,31(3)4)24-9-6-5-7-10-24/h5-7,9-10,37H,8,11-23H2,1-4H3/t28-,30+. The van der Waals surface area contributed by atoms with Crippen molar-refractivity contribution >= 4 is 21.8 Å². The molecule has 4 fully saturated rings. The van der Waals surface area contributed by atoms with Crippen molar-refractivity contribution in [3.05, 3.63) is 35.9 Å². The zero-order valence-corrected chi connectivity index (χ0v) is 25.4. The smallest absolute Gasteiger partial charge is 0.320 e. The fraction of sp³-hybridized carbons (Fsp3) is 0.733. The van der Waals surface area contributed by atoms with Gasteiger partial charge < -0.3 is 19.8 Å². The van der Waals surface area contributed by atoms with Crippen LogP contribution in [0.3, 0.4) is 0 Å². The van der Waals surface area contributed by atoms with Crippen LogP contribution in [0.15, 0.2) is 30.3 Å². The Labute approximate surface area is 239 Å². The highest BCUT2D eigenvalue weighted by Gasteiger charge is 2.57. The second-order valence-electron chi connectivity index (χ2n) is 13.6. The van der Waals surface area contributed by atoms with Crippen molar-refractivity contribution < 1.29 is 23.1 Å². The third-order valence-corrected chi connectivity index (χ3v) is 11.9. The van der Waals surface area contributed by atoms with Gasteiger partial charge in [-0.2, -0.15) is 0 Å². The van der Waals surface area contributed by atoms with E-state index in [9.17, 15) is 23.1 Å². The first kappa shape index (κ1) is 29.3. The van der Waals surface area contributed by atoms with Gasteiger partial charge in [0.15, 0.2) is 9.84 Å². The molecule has 2 saturated heterocycles. The van der Waals surface area contributed by atoms with Gasteiger partial charge in [-0.15, -0.1) is 0 Å². The fourth-order valence-electron chi connectivity index (χ4n) is 7.47. The average molecular weight is 575 g/mol. The molecule has 0 radical (unpaired) electrons. The van der Waals surface area contributed by atoms with Gasteiger partial charge in [0.1, 0.15) is 0 Å². The minimum absolute atomic E-state index is 0.0119. The summed E-state index contributed by atoms with van der Waals surface area (Å²) in [4.78, 5) is 35.3. The highest BCUT2D eigenvalue weighted by Crippen LogP contribution is 2.50. The molecule has 1 aromatic carbocycles. The lowest BCUT2D eigenvalue weighted by Gasteiger charge is -2.52. The normalized spacial score (nSPS) is 30.1. The first-order chi connectivity index (χ1) is 18.7. The summed E-state index contributed by atoms with van der Waals surface area (Å²) in [7, 11) is 1.17. The van der Waals surface area contributed by atoms with Crippen LogP contribution in [0, 0.1) is 5.41 Å². The average Bonchev–Trinajstić information content (AvgIpc) is 3.13. The first-order valence-corrected chi connectivity index (χ1v) is 16.6. The van der Waals surface area contributed by atoms with Gasteiger partial charge >= 0.3 is 6.03 Å². The Morgan fingerprint density at radius 1 is 1.00 bits per heavy atom. The van der Waals surface area contributed by atoms with Crippen LogP contribution in [0.25, 0.3) is 0 Å². The monoisotopic (exact) mass is 574 g/mol. The summed E-state index contributed by atoms with van der Waals surface area (Å²) < 4.78 is 23.8. The minimum Gasteiger partial charge on any atom is -0.388 e. The molecule has 3 amide bonds. The van der Waals surface area contributed by atoms with Gasteiger partial charge in [-0.3, -0.25) is 9.69 Å². The molecule has 5 rings (SSSR count). The predicted octanol–water partition coefficient (Wildman–Crippen LogP) is 2.69. The highest BCUT2D eigenvalue weighted by molar-refractivity contribution is 7.91. The van der Waals surface area contributed by atoms with Gasteiger partial charge in [0.05, 0.1) is 34.6 Å². The molecule has 0 unspecified atom stereocenters. The topological polar surface area (TPSA) is 101 Å². The Morgan fingerprint density at radius 3 is 2.12 bits per heavy atom. The SMILES string of the molecule is CN(C)[C@]1(c2ccccc2)CC[C@]2(CC1)CN(CC(C)(C)C(=O)N1CCS(=O)(=O)CC1)C(=O)N2CC1(O)CCC1. The molecule has 222 valence electrons. The van der Waals surface area contributed by atoms with Gasteiger partial charge in [0.25, 0.3) is 0 Å². The molecule has 0 bridgehead atoms. The second-order valence-corrected chi connectivity index (χ2v) is 16.0. The zero-order valence-electron chi connectivity index (χ0n) is 24.6. The van der Waals surface area contributed by atoms with Gasteiger partial charge in [-0.1, -0.05) is 30.3 Å². The van der Waals surface area contributed by atoms with Crippen molar-refractivity contribution in [3.63, 3.8) is 0 Å². The van der Waals surface area contributed by atoms with Gasteiger partial charge in [-0.05, 0) is 78.5 Å². The number of aliphatic hydroxyl groups is 1. The number of carbonyl (C=O) groups is 2. The minimum atomic E-state index is -3.09. The molecule has 1 aromatic rings. The molecule has 4 aliphatic rings. The van der Waals surface area contributed by atoms with E-state index in [0.717, 1.165) is 32.1 Å². The number of sulfone groups is 1. The summed E-state index contributed by atoms with van der Waals surface area (Å²) >= 11 is 0. The van der Waals surface area contributed by atoms with Crippen LogP contribution < -0.4 is 0 Å². The lowest BCUT2D eigenvalue weighted by molar-refractivity contribution is -0.140. The number of benzene rings is 1. The number of nitrogens with zero attached hydrogens (tertiary/aromatic N) is 4. The first-order valence-electron chi connectivity index (χ1n) is 14.7. The molecular formula is C30H46N4O5S. The summed E-state index contributed by atoms with van der Waals surface area (Å²) in [5, 5.41) is 11.2. The number of rotatable bonds is 7.